The average molecular weight is 210 g/mol. The Hall–Kier alpha value is -1.38. The molecule has 1 rings (SSSR count). The summed E-state index contributed by atoms with van der Waals surface area (Å²) in [5, 5.41) is 0. The molecule has 0 spiro atoms. The first-order valence-corrected chi connectivity index (χ1v) is 5.01. The Balaban J connectivity index is 2.73. The summed E-state index contributed by atoms with van der Waals surface area (Å²) < 4.78 is 16.6. The molecule has 1 aromatic rings. The van der Waals surface area contributed by atoms with E-state index in [1.54, 1.807) is 12.1 Å². The molecule has 0 aromatic heterocycles. The van der Waals surface area contributed by atoms with Gasteiger partial charge in [0, 0.05) is 0 Å². The minimum atomic E-state index is -0.328. The quantitative estimate of drug-likeness (QED) is 0.551. The largest absolute Gasteiger partial charge is 0.465 e. The SMILES string of the molecule is COC(=O)c1ccccc1CCCCF. The monoisotopic (exact) mass is 210 g/mol. The lowest BCUT2D eigenvalue weighted by Crippen LogP contribution is -2.05. The van der Waals surface area contributed by atoms with Gasteiger partial charge in [-0.1, -0.05) is 18.2 Å². The zero-order chi connectivity index (χ0) is 11.1. The number of aryl methyl sites for hydroxylation is 1. The first-order chi connectivity index (χ1) is 7.29. The van der Waals surface area contributed by atoms with Gasteiger partial charge in [-0.2, -0.15) is 0 Å². The molecule has 0 aliphatic carbocycles. The van der Waals surface area contributed by atoms with E-state index in [4.69, 9.17) is 0 Å². The van der Waals surface area contributed by atoms with Gasteiger partial charge in [0.25, 0.3) is 0 Å². The van der Waals surface area contributed by atoms with Crippen LogP contribution in [0.3, 0.4) is 0 Å². The number of hydrogen-bond donors (Lipinski definition) is 0. The van der Waals surface area contributed by atoms with Crippen molar-refractivity contribution >= 4 is 5.97 Å². The summed E-state index contributed by atoms with van der Waals surface area (Å²) in [5.41, 5.74) is 1.51. The fraction of sp³-hybridized carbons (Fsp3) is 0.417. The van der Waals surface area contributed by atoms with Gasteiger partial charge in [-0.15, -0.1) is 0 Å². The topological polar surface area (TPSA) is 26.3 Å². The molecule has 0 N–H and O–H groups in total. The zero-order valence-electron chi connectivity index (χ0n) is 8.83. The highest BCUT2D eigenvalue weighted by molar-refractivity contribution is 5.90. The van der Waals surface area contributed by atoms with Crippen molar-refractivity contribution in [2.75, 3.05) is 13.8 Å². The van der Waals surface area contributed by atoms with Crippen LogP contribution in [0.1, 0.15) is 28.8 Å². The van der Waals surface area contributed by atoms with E-state index in [-0.39, 0.29) is 12.6 Å². The molecule has 2 nitrogen and oxygen atoms in total. The van der Waals surface area contributed by atoms with Crippen molar-refractivity contribution in [2.24, 2.45) is 0 Å². The molecule has 0 bridgehead atoms. The summed E-state index contributed by atoms with van der Waals surface area (Å²) in [6, 6.07) is 7.28. The molecule has 0 heterocycles. The lowest BCUT2D eigenvalue weighted by molar-refractivity contribution is 0.0599. The van der Waals surface area contributed by atoms with E-state index in [1.165, 1.54) is 7.11 Å². The van der Waals surface area contributed by atoms with Crippen molar-refractivity contribution in [3.8, 4) is 0 Å². The molecule has 0 radical (unpaired) electrons. The third-order valence-electron chi connectivity index (χ3n) is 2.25. The van der Waals surface area contributed by atoms with Gasteiger partial charge in [0.05, 0.1) is 19.3 Å². The van der Waals surface area contributed by atoms with Crippen LogP contribution in [-0.2, 0) is 11.2 Å². The standard InChI is InChI=1S/C12H15FO2/c1-15-12(14)11-8-3-2-6-10(11)7-4-5-9-13/h2-3,6,8H,4-5,7,9H2,1H3. The van der Waals surface area contributed by atoms with Gasteiger partial charge in [0.2, 0.25) is 0 Å². The van der Waals surface area contributed by atoms with E-state index in [0.717, 1.165) is 18.4 Å². The molecule has 0 unspecified atom stereocenters. The van der Waals surface area contributed by atoms with Crippen LogP contribution in [0.15, 0.2) is 24.3 Å². The average Bonchev–Trinajstić information content (AvgIpc) is 2.29. The maximum Gasteiger partial charge on any atom is 0.338 e. The minimum Gasteiger partial charge on any atom is -0.465 e. The van der Waals surface area contributed by atoms with E-state index >= 15 is 0 Å². The Bertz CT molecular complexity index is 323. The summed E-state index contributed by atoms with van der Waals surface area (Å²) in [6.07, 6.45) is 2.01. The van der Waals surface area contributed by atoms with Crippen molar-refractivity contribution in [3.63, 3.8) is 0 Å². The highest BCUT2D eigenvalue weighted by Crippen LogP contribution is 2.13. The maximum absolute atomic E-state index is 11.9. The van der Waals surface area contributed by atoms with Crippen molar-refractivity contribution < 1.29 is 13.9 Å². The Kier molecular flexibility index (Phi) is 4.81. The number of ether oxygens (including phenoxy) is 1. The third-order valence-corrected chi connectivity index (χ3v) is 2.25. The fourth-order valence-corrected chi connectivity index (χ4v) is 1.46. The Morgan fingerprint density at radius 2 is 2.07 bits per heavy atom. The van der Waals surface area contributed by atoms with E-state index in [0.29, 0.717) is 12.0 Å². The van der Waals surface area contributed by atoms with Gasteiger partial charge in [-0.05, 0) is 30.9 Å². The van der Waals surface area contributed by atoms with Gasteiger partial charge in [-0.25, -0.2) is 4.79 Å². The molecule has 82 valence electrons. The number of halogens is 1. The molecule has 3 heteroatoms. The van der Waals surface area contributed by atoms with Crippen molar-refractivity contribution in [1.82, 2.24) is 0 Å². The molecule has 0 atom stereocenters. The van der Waals surface area contributed by atoms with Gasteiger partial charge in [0.1, 0.15) is 0 Å². The van der Waals surface area contributed by atoms with E-state index in [2.05, 4.69) is 4.74 Å². The lowest BCUT2D eigenvalue weighted by Gasteiger charge is -2.06. The molecule has 15 heavy (non-hydrogen) atoms. The minimum absolute atomic E-state index is 0.305. The summed E-state index contributed by atoms with van der Waals surface area (Å²) in [5.74, 6) is -0.328. The van der Waals surface area contributed by atoms with Crippen LogP contribution in [0.5, 0.6) is 0 Å². The predicted octanol–water partition coefficient (Wildman–Crippen LogP) is 2.77. The number of hydrogen-bond acceptors (Lipinski definition) is 2. The smallest absolute Gasteiger partial charge is 0.338 e. The number of carbonyl (C=O) groups excluding carboxylic acids is 1. The number of esters is 1. The molecular weight excluding hydrogens is 195 g/mol. The van der Waals surface area contributed by atoms with Crippen LogP contribution >= 0.6 is 0 Å². The summed E-state index contributed by atoms with van der Waals surface area (Å²) >= 11 is 0. The first kappa shape index (κ1) is 11.7. The van der Waals surface area contributed by atoms with Crippen molar-refractivity contribution in [1.29, 1.82) is 0 Å². The van der Waals surface area contributed by atoms with Gasteiger partial charge in [0.15, 0.2) is 0 Å². The molecule has 0 saturated heterocycles. The van der Waals surface area contributed by atoms with Gasteiger partial charge >= 0.3 is 5.97 Å². The maximum atomic E-state index is 11.9. The van der Waals surface area contributed by atoms with E-state index in [9.17, 15) is 9.18 Å². The van der Waals surface area contributed by atoms with Gasteiger partial charge < -0.3 is 4.74 Å². The molecule has 0 saturated carbocycles. The third kappa shape index (κ3) is 3.35. The number of carbonyl (C=O) groups is 1. The number of unbranched alkanes of at least 4 members (excludes halogenated alkanes) is 1. The second-order valence-corrected chi connectivity index (χ2v) is 3.29. The molecule has 0 amide bonds. The highest BCUT2D eigenvalue weighted by Gasteiger charge is 2.09. The van der Waals surface area contributed by atoms with Crippen LogP contribution in [0.25, 0.3) is 0 Å². The van der Waals surface area contributed by atoms with Crippen LogP contribution in [0.2, 0.25) is 0 Å². The Labute approximate surface area is 89.1 Å². The molecule has 1 aromatic carbocycles. The van der Waals surface area contributed by atoms with Gasteiger partial charge in [-0.3, -0.25) is 4.39 Å². The summed E-state index contributed by atoms with van der Waals surface area (Å²) in [6.45, 7) is -0.305. The summed E-state index contributed by atoms with van der Waals surface area (Å²) in [7, 11) is 1.36. The fourth-order valence-electron chi connectivity index (χ4n) is 1.46. The predicted molar refractivity (Wildman–Crippen MR) is 56.7 cm³/mol. The van der Waals surface area contributed by atoms with E-state index in [1.807, 2.05) is 12.1 Å². The number of rotatable bonds is 5. The van der Waals surface area contributed by atoms with Crippen LogP contribution in [0.4, 0.5) is 4.39 Å². The second kappa shape index (κ2) is 6.17. The molecule has 0 fully saturated rings. The lowest BCUT2D eigenvalue weighted by atomic mass is 10.0. The molecule has 0 aliphatic heterocycles. The number of methoxy groups -OCH3 is 1. The molecule has 0 aliphatic rings. The van der Waals surface area contributed by atoms with Crippen molar-refractivity contribution in [3.05, 3.63) is 35.4 Å². The normalized spacial score (nSPS) is 10.0. The Morgan fingerprint density at radius 3 is 2.73 bits per heavy atom. The van der Waals surface area contributed by atoms with Crippen LogP contribution < -0.4 is 0 Å². The van der Waals surface area contributed by atoms with Crippen LogP contribution in [0, 0.1) is 0 Å². The number of benzene rings is 1. The number of alkyl halides is 1. The zero-order valence-corrected chi connectivity index (χ0v) is 8.83. The van der Waals surface area contributed by atoms with Crippen LogP contribution in [-0.4, -0.2) is 19.8 Å². The Morgan fingerprint density at radius 1 is 1.33 bits per heavy atom. The van der Waals surface area contributed by atoms with Crippen molar-refractivity contribution in [2.45, 2.75) is 19.3 Å². The van der Waals surface area contributed by atoms with E-state index < -0.39 is 0 Å². The highest BCUT2D eigenvalue weighted by atomic mass is 19.1. The summed E-state index contributed by atoms with van der Waals surface area (Å²) in [4.78, 5) is 11.4. The second-order valence-electron chi connectivity index (χ2n) is 3.29. The molecular formula is C12H15FO2. The first-order valence-electron chi connectivity index (χ1n) is 5.01.